The van der Waals surface area contributed by atoms with Gasteiger partial charge in [0.25, 0.3) is 0 Å². The predicted octanol–water partition coefficient (Wildman–Crippen LogP) is 6.19. The summed E-state index contributed by atoms with van der Waals surface area (Å²) in [7, 11) is 0. The Kier molecular flexibility index (Phi) is 17.3. The SMILES string of the molecule is CCC=CC=CCCC=CC=CC=CC(=O)NCC(O)(CC)CCCCCC. The van der Waals surface area contributed by atoms with Crippen LogP contribution in [0, 0.1) is 0 Å². The van der Waals surface area contributed by atoms with E-state index in [1.807, 2.05) is 25.2 Å². The largest absolute Gasteiger partial charge is 0.388 e. The molecule has 1 unspecified atom stereocenters. The van der Waals surface area contributed by atoms with E-state index in [9.17, 15) is 9.90 Å². The van der Waals surface area contributed by atoms with Gasteiger partial charge in [-0.15, -0.1) is 0 Å². The molecule has 0 aliphatic heterocycles. The molecule has 28 heavy (non-hydrogen) atoms. The summed E-state index contributed by atoms with van der Waals surface area (Å²) in [5.74, 6) is -0.167. The van der Waals surface area contributed by atoms with E-state index >= 15 is 0 Å². The van der Waals surface area contributed by atoms with Gasteiger partial charge in [-0.25, -0.2) is 0 Å². The highest BCUT2D eigenvalue weighted by atomic mass is 16.3. The average Bonchev–Trinajstić information content (AvgIpc) is 2.70. The van der Waals surface area contributed by atoms with Gasteiger partial charge in [0.05, 0.1) is 5.60 Å². The van der Waals surface area contributed by atoms with Crippen LogP contribution in [0.2, 0.25) is 0 Å². The second-order valence-corrected chi connectivity index (χ2v) is 7.12. The third-order valence-electron chi connectivity index (χ3n) is 4.58. The molecule has 0 bridgehead atoms. The van der Waals surface area contributed by atoms with Crippen molar-refractivity contribution in [2.45, 2.75) is 84.2 Å². The summed E-state index contributed by atoms with van der Waals surface area (Å²) in [5.41, 5.74) is -0.795. The Morgan fingerprint density at radius 3 is 2.14 bits per heavy atom. The first-order valence-corrected chi connectivity index (χ1v) is 10.9. The Morgan fingerprint density at radius 2 is 1.50 bits per heavy atom. The number of hydrogen-bond acceptors (Lipinski definition) is 2. The summed E-state index contributed by atoms with van der Waals surface area (Å²) < 4.78 is 0. The van der Waals surface area contributed by atoms with E-state index in [2.05, 4.69) is 49.5 Å². The van der Waals surface area contributed by atoms with E-state index < -0.39 is 5.60 Å². The van der Waals surface area contributed by atoms with E-state index in [4.69, 9.17) is 0 Å². The van der Waals surface area contributed by atoms with Crippen molar-refractivity contribution in [3.8, 4) is 0 Å². The van der Waals surface area contributed by atoms with E-state index in [0.717, 1.165) is 38.5 Å². The first-order chi connectivity index (χ1) is 13.6. The molecule has 0 aliphatic rings. The monoisotopic (exact) mass is 387 g/mol. The Bertz CT molecular complexity index is 529. The van der Waals surface area contributed by atoms with Crippen LogP contribution in [-0.4, -0.2) is 23.2 Å². The minimum atomic E-state index is -0.795. The van der Waals surface area contributed by atoms with Crippen molar-refractivity contribution in [3.63, 3.8) is 0 Å². The van der Waals surface area contributed by atoms with Crippen LogP contribution in [0.1, 0.15) is 78.6 Å². The van der Waals surface area contributed by atoms with Gasteiger partial charge in [0.1, 0.15) is 0 Å². The molecule has 2 N–H and O–H groups in total. The third kappa shape index (κ3) is 16.3. The molecule has 0 fully saturated rings. The second-order valence-electron chi connectivity index (χ2n) is 7.12. The third-order valence-corrected chi connectivity index (χ3v) is 4.58. The highest BCUT2D eigenvalue weighted by molar-refractivity contribution is 5.87. The smallest absolute Gasteiger partial charge is 0.244 e. The lowest BCUT2D eigenvalue weighted by molar-refractivity contribution is -0.117. The predicted molar refractivity (Wildman–Crippen MR) is 122 cm³/mol. The van der Waals surface area contributed by atoms with Gasteiger partial charge in [0, 0.05) is 12.6 Å². The van der Waals surface area contributed by atoms with Crippen molar-refractivity contribution in [2.24, 2.45) is 0 Å². The fourth-order valence-corrected chi connectivity index (χ4v) is 2.61. The number of allylic oxidation sites excluding steroid dienone is 9. The molecule has 0 saturated heterocycles. The summed E-state index contributed by atoms with van der Waals surface area (Å²) in [6.45, 7) is 6.57. The second kappa shape index (κ2) is 18.5. The van der Waals surface area contributed by atoms with Crippen molar-refractivity contribution in [3.05, 3.63) is 60.8 Å². The molecule has 158 valence electrons. The molecule has 0 rings (SSSR count). The lowest BCUT2D eigenvalue weighted by Crippen LogP contribution is -2.42. The van der Waals surface area contributed by atoms with Crippen molar-refractivity contribution in [1.29, 1.82) is 0 Å². The Labute approximate surface area is 173 Å². The van der Waals surface area contributed by atoms with Gasteiger partial charge in [-0.3, -0.25) is 4.79 Å². The standard InChI is InChI=1S/C25H41NO2/c1-4-7-9-11-12-13-14-15-16-17-18-19-21-24(27)26-23-25(28,6-3)22-20-10-8-5-2/h7,9,11-12,15-19,21,28H,4-6,8,10,13-14,20,22-23H2,1-3H3,(H,26,27). The van der Waals surface area contributed by atoms with Gasteiger partial charge in [0.15, 0.2) is 0 Å². The van der Waals surface area contributed by atoms with Crippen LogP contribution >= 0.6 is 0 Å². The lowest BCUT2D eigenvalue weighted by Gasteiger charge is -2.26. The van der Waals surface area contributed by atoms with Gasteiger partial charge in [-0.2, -0.15) is 0 Å². The summed E-state index contributed by atoms with van der Waals surface area (Å²) in [4.78, 5) is 11.9. The number of rotatable bonds is 16. The van der Waals surface area contributed by atoms with Crippen LogP contribution in [0.25, 0.3) is 0 Å². The maximum atomic E-state index is 11.9. The van der Waals surface area contributed by atoms with Crippen molar-refractivity contribution < 1.29 is 9.90 Å². The fourth-order valence-electron chi connectivity index (χ4n) is 2.61. The van der Waals surface area contributed by atoms with Gasteiger partial charge in [-0.1, -0.05) is 101 Å². The molecule has 1 amide bonds. The molecular weight excluding hydrogens is 346 g/mol. The van der Waals surface area contributed by atoms with Crippen LogP contribution in [0.4, 0.5) is 0 Å². The quantitative estimate of drug-likeness (QED) is 0.189. The molecule has 0 heterocycles. The Hall–Kier alpha value is -1.87. The van der Waals surface area contributed by atoms with Gasteiger partial charge in [-0.05, 0) is 32.1 Å². The number of carbonyl (C=O) groups is 1. The zero-order valence-corrected chi connectivity index (χ0v) is 18.2. The van der Waals surface area contributed by atoms with Crippen LogP contribution in [0.3, 0.4) is 0 Å². The number of nitrogens with one attached hydrogen (secondary N) is 1. The van der Waals surface area contributed by atoms with Crippen LogP contribution in [0.15, 0.2) is 60.8 Å². The van der Waals surface area contributed by atoms with Gasteiger partial charge in [0.2, 0.25) is 5.91 Å². The van der Waals surface area contributed by atoms with Crippen LogP contribution in [-0.2, 0) is 4.79 Å². The summed E-state index contributed by atoms with van der Waals surface area (Å²) in [5, 5.41) is 13.4. The highest BCUT2D eigenvalue weighted by Crippen LogP contribution is 2.18. The molecule has 1 atom stereocenters. The van der Waals surface area contributed by atoms with E-state index in [-0.39, 0.29) is 5.91 Å². The summed E-state index contributed by atoms with van der Waals surface area (Å²) in [6.07, 6.45) is 28.5. The maximum absolute atomic E-state index is 11.9. The number of carbonyl (C=O) groups excluding carboxylic acids is 1. The fraction of sp³-hybridized carbons (Fsp3) is 0.560. The molecule has 0 saturated carbocycles. The van der Waals surface area contributed by atoms with Crippen molar-refractivity contribution >= 4 is 5.91 Å². The molecule has 0 aliphatic carbocycles. The number of hydrogen-bond donors (Lipinski definition) is 2. The van der Waals surface area contributed by atoms with Crippen LogP contribution < -0.4 is 5.32 Å². The van der Waals surface area contributed by atoms with Crippen molar-refractivity contribution in [2.75, 3.05) is 6.54 Å². The molecule has 0 spiro atoms. The number of unbranched alkanes of at least 4 members (excludes halogenated alkanes) is 4. The molecule has 0 radical (unpaired) electrons. The topological polar surface area (TPSA) is 49.3 Å². The Morgan fingerprint density at radius 1 is 0.857 bits per heavy atom. The Balaban J connectivity index is 4.02. The zero-order chi connectivity index (χ0) is 20.9. The molecular formula is C25H41NO2. The first kappa shape index (κ1) is 26.1. The lowest BCUT2D eigenvalue weighted by atomic mass is 9.93. The maximum Gasteiger partial charge on any atom is 0.244 e. The zero-order valence-electron chi connectivity index (χ0n) is 18.2. The summed E-state index contributed by atoms with van der Waals surface area (Å²) in [6, 6.07) is 0. The molecule has 0 aromatic carbocycles. The minimum Gasteiger partial charge on any atom is -0.388 e. The van der Waals surface area contributed by atoms with E-state index in [1.165, 1.54) is 18.9 Å². The average molecular weight is 388 g/mol. The van der Waals surface area contributed by atoms with E-state index in [1.54, 1.807) is 6.08 Å². The molecule has 0 aromatic heterocycles. The number of amides is 1. The normalized spacial score (nSPS) is 14.9. The van der Waals surface area contributed by atoms with Gasteiger partial charge >= 0.3 is 0 Å². The summed E-state index contributed by atoms with van der Waals surface area (Å²) >= 11 is 0. The van der Waals surface area contributed by atoms with Crippen molar-refractivity contribution in [1.82, 2.24) is 5.32 Å². The van der Waals surface area contributed by atoms with Crippen LogP contribution in [0.5, 0.6) is 0 Å². The molecule has 3 heteroatoms. The molecule has 0 aromatic rings. The number of aliphatic hydroxyl groups is 1. The first-order valence-electron chi connectivity index (χ1n) is 10.9. The minimum absolute atomic E-state index is 0.167. The molecule has 3 nitrogen and oxygen atoms in total. The van der Waals surface area contributed by atoms with E-state index in [0.29, 0.717) is 13.0 Å². The van der Waals surface area contributed by atoms with Gasteiger partial charge < -0.3 is 10.4 Å². The highest BCUT2D eigenvalue weighted by Gasteiger charge is 2.24.